The fourth-order valence-corrected chi connectivity index (χ4v) is 2.95. The number of nitrogens with one attached hydrogen (secondary N) is 2. The summed E-state index contributed by atoms with van der Waals surface area (Å²) in [6.07, 6.45) is -4.74. The summed E-state index contributed by atoms with van der Waals surface area (Å²) in [6.45, 7) is 3.95. The number of amides is 1. The molecule has 1 aromatic carbocycles. The van der Waals surface area contributed by atoms with Gasteiger partial charge in [0.2, 0.25) is 0 Å². The van der Waals surface area contributed by atoms with Gasteiger partial charge < -0.3 is 19.8 Å². The van der Waals surface area contributed by atoms with Crippen molar-refractivity contribution in [1.82, 2.24) is 4.98 Å². The second-order valence-corrected chi connectivity index (χ2v) is 6.54. The minimum Gasteiger partial charge on any atom is -0.462 e. The molecule has 1 aromatic heterocycles. The zero-order chi connectivity index (χ0) is 22.6. The molecule has 0 radical (unpaired) electrons. The molecular formula is C19H18ClF3N2O5. The molecule has 7 nitrogen and oxygen atoms in total. The number of esters is 2. The number of aromatic amines is 1. The molecule has 0 aliphatic heterocycles. The molecule has 2 N–H and O–H groups in total. The third-order valence-electron chi connectivity index (χ3n) is 4.04. The van der Waals surface area contributed by atoms with Gasteiger partial charge in [-0.05, 0) is 38.5 Å². The van der Waals surface area contributed by atoms with Crippen LogP contribution in [0.25, 0.3) is 0 Å². The topological polar surface area (TPSA) is 97.5 Å². The average molecular weight is 447 g/mol. The number of rotatable bonds is 6. The number of H-pyrrole nitrogens is 1. The minimum atomic E-state index is -4.74. The third kappa shape index (κ3) is 5.12. The van der Waals surface area contributed by atoms with Gasteiger partial charge in [0.05, 0.1) is 28.4 Å². The number of carbonyl (C=O) groups excluding carboxylic acids is 3. The van der Waals surface area contributed by atoms with E-state index in [1.165, 1.54) is 13.0 Å². The summed E-state index contributed by atoms with van der Waals surface area (Å²) in [7, 11) is 0. The van der Waals surface area contributed by atoms with E-state index in [1.54, 1.807) is 13.8 Å². The first-order chi connectivity index (χ1) is 14.0. The number of halogens is 4. The lowest BCUT2D eigenvalue weighted by Gasteiger charge is -2.15. The highest BCUT2D eigenvalue weighted by atomic mass is 35.5. The van der Waals surface area contributed by atoms with Gasteiger partial charge >= 0.3 is 18.1 Å². The smallest absolute Gasteiger partial charge is 0.418 e. The van der Waals surface area contributed by atoms with Crippen LogP contribution in [-0.4, -0.2) is 36.0 Å². The van der Waals surface area contributed by atoms with Crippen molar-refractivity contribution in [1.29, 1.82) is 0 Å². The molecule has 0 fully saturated rings. The number of benzene rings is 1. The number of aromatic nitrogens is 1. The minimum absolute atomic E-state index is 0.0722. The van der Waals surface area contributed by atoms with Crippen molar-refractivity contribution in [2.45, 2.75) is 26.9 Å². The van der Waals surface area contributed by atoms with E-state index in [0.717, 1.165) is 12.1 Å². The number of aryl methyl sites for hydroxylation is 1. The fraction of sp³-hybridized carbons (Fsp3) is 0.316. The number of alkyl halides is 3. The van der Waals surface area contributed by atoms with Crippen LogP contribution in [0.3, 0.4) is 0 Å². The Bertz CT molecular complexity index is 985. The van der Waals surface area contributed by atoms with Crippen LogP contribution < -0.4 is 5.32 Å². The van der Waals surface area contributed by atoms with E-state index in [4.69, 9.17) is 21.1 Å². The molecule has 162 valence electrons. The molecule has 2 aromatic rings. The Kier molecular flexibility index (Phi) is 7.14. The normalized spacial score (nSPS) is 11.2. The Morgan fingerprint density at radius 2 is 1.80 bits per heavy atom. The van der Waals surface area contributed by atoms with Crippen molar-refractivity contribution in [3.8, 4) is 0 Å². The van der Waals surface area contributed by atoms with Gasteiger partial charge in [0.1, 0.15) is 5.69 Å². The first kappa shape index (κ1) is 23.3. The average Bonchev–Trinajstić information content (AvgIpc) is 2.95. The molecule has 0 saturated carbocycles. The lowest BCUT2D eigenvalue weighted by Crippen LogP contribution is -2.23. The van der Waals surface area contributed by atoms with Gasteiger partial charge in [-0.25, -0.2) is 9.59 Å². The monoisotopic (exact) mass is 446 g/mol. The van der Waals surface area contributed by atoms with Crippen LogP contribution in [0.4, 0.5) is 18.9 Å². The Labute approximate surface area is 174 Å². The van der Waals surface area contributed by atoms with E-state index in [1.807, 2.05) is 5.32 Å². The van der Waals surface area contributed by atoms with E-state index < -0.39 is 41.9 Å². The molecule has 0 spiro atoms. The van der Waals surface area contributed by atoms with E-state index in [2.05, 4.69) is 4.98 Å². The van der Waals surface area contributed by atoms with Crippen molar-refractivity contribution < 1.29 is 37.0 Å². The van der Waals surface area contributed by atoms with Crippen LogP contribution in [0, 0.1) is 13.8 Å². The Hall–Kier alpha value is -3.01. The van der Waals surface area contributed by atoms with Crippen LogP contribution >= 0.6 is 11.6 Å². The Balaban J connectivity index is 2.11. The van der Waals surface area contributed by atoms with Gasteiger partial charge in [-0.1, -0.05) is 17.7 Å². The lowest BCUT2D eigenvalue weighted by molar-refractivity contribution is -0.137. The lowest BCUT2D eigenvalue weighted by atomic mass is 10.1. The summed E-state index contributed by atoms with van der Waals surface area (Å²) in [4.78, 5) is 39.0. The molecule has 2 rings (SSSR count). The molecule has 1 amide bonds. The predicted octanol–water partition coefficient (Wildman–Crippen LogP) is 4.28. The van der Waals surface area contributed by atoms with E-state index in [0.29, 0.717) is 5.69 Å². The SMILES string of the molecule is CCOC(=O)c1c(C)[nH]c(C(=O)OCC(=O)Nc2c(Cl)cccc2C(F)(F)F)c1C. The number of hydrogen-bond acceptors (Lipinski definition) is 5. The molecule has 0 atom stereocenters. The Morgan fingerprint density at radius 1 is 1.13 bits per heavy atom. The fourth-order valence-electron chi connectivity index (χ4n) is 2.73. The van der Waals surface area contributed by atoms with Gasteiger partial charge in [0, 0.05) is 5.69 Å². The van der Waals surface area contributed by atoms with Crippen LogP contribution in [-0.2, 0) is 20.4 Å². The maximum absolute atomic E-state index is 13.1. The molecule has 0 bridgehead atoms. The van der Waals surface area contributed by atoms with Gasteiger partial charge in [-0.2, -0.15) is 13.2 Å². The highest BCUT2D eigenvalue weighted by Crippen LogP contribution is 2.38. The summed E-state index contributed by atoms with van der Waals surface area (Å²) in [5.74, 6) is -2.61. The second kappa shape index (κ2) is 9.21. The van der Waals surface area contributed by atoms with Crippen molar-refractivity contribution in [2.75, 3.05) is 18.5 Å². The van der Waals surface area contributed by atoms with Gasteiger partial charge in [-0.3, -0.25) is 4.79 Å². The number of anilines is 1. The van der Waals surface area contributed by atoms with Crippen LogP contribution in [0.5, 0.6) is 0 Å². The van der Waals surface area contributed by atoms with Crippen molar-refractivity contribution in [3.05, 3.63) is 51.3 Å². The van der Waals surface area contributed by atoms with Gasteiger partial charge in [0.25, 0.3) is 5.91 Å². The zero-order valence-electron chi connectivity index (χ0n) is 16.2. The van der Waals surface area contributed by atoms with Crippen molar-refractivity contribution >= 4 is 35.1 Å². The number of hydrogen-bond donors (Lipinski definition) is 2. The van der Waals surface area contributed by atoms with Crippen molar-refractivity contribution in [2.24, 2.45) is 0 Å². The number of ether oxygens (including phenoxy) is 2. The maximum Gasteiger partial charge on any atom is 0.418 e. The largest absolute Gasteiger partial charge is 0.462 e. The summed E-state index contributed by atoms with van der Waals surface area (Å²) in [5.41, 5.74) is -1.04. The molecular weight excluding hydrogens is 429 g/mol. The molecule has 0 aliphatic rings. The molecule has 11 heteroatoms. The standard InChI is InChI=1S/C19H18ClF3N2O5/c1-4-29-17(27)14-9(2)15(24-10(14)3)18(28)30-8-13(26)25-16-11(19(21,22)23)6-5-7-12(16)20/h5-7,24H,4,8H2,1-3H3,(H,25,26). The van der Waals surface area contributed by atoms with E-state index >= 15 is 0 Å². The zero-order valence-corrected chi connectivity index (χ0v) is 17.0. The highest BCUT2D eigenvalue weighted by Gasteiger charge is 2.35. The summed E-state index contributed by atoms with van der Waals surface area (Å²) >= 11 is 5.76. The van der Waals surface area contributed by atoms with Gasteiger partial charge in [-0.15, -0.1) is 0 Å². The van der Waals surface area contributed by atoms with E-state index in [-0.39, 0.29) is 28.5 Å². The van der Waals surface area contributed by atoms with Crippen molar-refractivity contribution in [3.63, 3.8) is 0 Å². The summed E-state index contributed by atoms with van der Waals surface area (Å²) in [6, 6.07) is 3.04. The summed E-state index contributed by atoms with van der Waals surface area (Å²) in [5, 5.41) is 1.69. The summed E-state index contributed by atoms with van der Waals surface area (Å²) < 4.78 is 49.0. The second-order valence-electron chi connectivity index (χ2n) is 6.13. The molecule has 0 aliphatic carbocycles. The highest BCUT2D eigenvalue weighted by molar-refractivity contribution is 6.34. The number of carbonyl (C=O) groups is 3. The first-order valence-corrected chi connectivity index (χ1v) is 9.04. The predicted molar refractivity (Wildman–Crippen MR) is 102 cm³/mol. The maximum atomic E-state index is 13.1. The van der Waals surface area contributed by atoms with Crippen LogP contribution in [0.2, 0.25) is 5.02 Å². The quantitative estimate of drug-likeness (QED) is 0.646. The van der Waals surface area contributed by atoms with E-state index in [9.17, 15) is 27.6 Å². The number of para-hydroxylation sites is 1. The van der Waals surface area contributed by atoms with Gasteiger partial charge in [0.15, 0.2) is 6.61 Å². The molecule has 1 heterocycles. The van der Waals surface area contributed by atoms with Crippen LogP contribution in [0.1, 0.15) is 44.6 Å². The Morgan fingerprint density at radius 3 is 2.40 bits per heavy atom. The third-order valence-corrected chi connectivity index (χ3v) is 4.35. The van der Waals surface area contributed by atoms with Crippen LogP contribution in [0.15, 0.2) is 18.2 Å². The first-order valence-electron chi connectivity index (χ1n) is 8.66. The molecule has 30 heavy (non-hydrogen) atoms. The molecule has 0 saturated heterocycles. The molecule has 0 unspecified atom stereocenters.